The summed E-state index contributed by atoms with van der Waals surface area (Å²) in [6.07, 6.45) is 1.06. The summed E-state index contributed by atoms with van der Waals surface area (Å²) < 4.78 is 11.3. The largest absolute Gasteiger partial charge is 0.454 e. The van der Waals surface area contributed by atoms with Crippen molar-refractivity contribution in [3.8, 4) is 0 Å². The van der Waals surface area contributed by atoms with Crippen LogP contribution in [0.2, 0.25) is 0 Å². The lowest BCUT2D eigenvalue weighted by Crippen LogP contribution is -2.33. The van der Waals surface area contributed by atoms with Crippen LogP contribution in [-0.4, -0.2) is 18.2 Å². The molecule has 0 bridgehead atoms. The molecule has 0 aliphatic rings. The quantitative estimate of drug-likeness (QED) is 0.331. The molecule has 0 aliphatic carbocycles. The molecule has 0 aliphatic heterocycles. The van der Waals surface area contributed by atoms with E-state index in [2.05, 4.69) is 61.2 Å². The Morgan fingerprint density at radius 2 is 1.77 bits per heavy atom. The zero-order chi connectivity index (χ0) is 18.7. The van der Waals surface area contributed by atoms with Gasteiger partial charge in [-0.3, -0.25) is 0 Å². The molecule has 0 saturated carbocycles. The summed E-state index contributed by atoms with van der Waals surface area (Å²) in [6, 6.07) is 19.1. The van der Waals surface area contributed by atoms with Crippen molar-refractivity contribution in [3.63, 3.8) is 0 Å². The number of carbonyl (C=O) groups excluding carboxylic acids is 1. The van der Waals surface area contributed by atoms with Gasteiger partial charge in [-0.1, -0.05) is 55.1 Å². The first kappa shape index (κ1) is 18.2. The minimum atomic E-state index is -0.702. The van der Waals surface area contributed by atoms with Crippen LogP contribution in [0.25, 0.3) is 21.5 Å². The maximum atomic E-state index is 11.4. The van der Waals surface area contributed by atoms with Gasteiger partial charge < -0.3 is 9.47 Å². The zero-order valence-electron chi connectivity index (χ0n) is 15.5. The van der Waals surface area contributed by atoms with E-state index in [4.69, 9.17) is 9.47 Å². The maximum Gasteiger partial charge on any atom is 0.330 e. The summed E-state index contributed by atoms with van der Waals surface area (Å²) in [4.78, 5) is 11.4. The van der Waals surface area contributed by atoms with Gasteiger partial charge in [-0.05, 0) is 53.9 Å². The summed E-state index contributed by atoms with van der Waals surface area (Å²) in [5, 5.41) is 4.92. The predicted molar refractivity (Wildman–Crippen MR) is 106 cm³/mol. The second-order valence-electron chi connectivity index (χ2n) is 7.11. The summed E-state index contributed by atoms with van der Waals surface area (Å²) >= 11 is 0. The number of rotatable bonds is 6. The number of carbonyl (C=O) groups is 1. The Bertz CT molecular complexity index is 956. The third kappa shape index (κ3) is 3.94. The molecular formula is C23H24O3. The fraction of sp³-hybridized carbons (Fsp3) is 0.261. The smallest absolute Gasteiger partial charge is 0.330 e. The first-order valence-corrected chi connectivity index (χ1v) is 8.78. The molecule has 1 unspecified atom stereocenters. The Morgan fingerprint density at radius 1 is 1.08 bits per heavy atom. The van der Waals surface area contributed by atoms with E-state index in [1.807, 2.05) is 20.8 Å². The van der Waals surface area contributed by atoms with Gasteiger partial charge in [0.05, 0.1) is 12.7 Å². The van der Waals surface area contributed by atoms with Crippen molar-refractivity contribution in [1.29, 1.82) is 0 Å². The lowest BCUT2D eigenvalue weighted by atomic mass is 9.99. The van der Waals surface area contributed by atoms with E-state index in [9.17, 15) is 4.79 Å². The molecule has 26 heavy (non-hydrogen) atoms. The van der Waals surface area contributed by atoms with Crippen molar-refractivity contribution < 1.29 is 14.3 Å². The molecule has 3 heteroatoms. The van der Waals surface area contributed by atoms with Crippen LogP contribution in [0, 0.1) is 0 Å². The second-order valence-corrected chi connectivity index (χ2v) is 7.11. The van der Waals surface area contributed by atoms with Crippen molar-refractivity contribution in [2.75, 3.05) is 6.61 Å². The van der Waals surface area contributed by atoms with Crippen LogP contribution in [-0.2, 0) is 14.3 Å². The SMILES string of the molecule is C=CC(=O)OC(C)(C)COC(C)c1ccc2c(ccc3ccccc32)c1. The third-order valence-corrected chi connectivity index (χ3v) is 4.46. The molecule has 3 nitrogen and oxygen atoms in total. The average molecular weight is 348 g/mol. The minimum absolute atomic E-state index is 0.104. The lowest BCUT2D eigenvalue weighted by Gasteiger charge is -2.26. The third-order valence-electron chi connectivity index (χ3n) is 4.46. The van der Waals surface area contributed by atoms with Crippen molar-refractivity contribution >= 4 is 27.5 Å². The first-order valence-electron chi connectivity index (χ1n) is 8.78. The standard InChI is InChI=1S/C23H24O3/c1-5-22(24)26-23(3,4)15-25-16(2)18-12-13-21-19(14-18)11-10-17-8-6-7-9-20(17)21/h5-14,16H,1,15H2,2-4H3. The zero-order valence-corrected chi connectivity index (χ0v) is 15.5. The number of hydrogen-bond donors (Lipinski definition) is 0. The van der Waals surface area contributed by atoms with E-state index in [1.165, 1.54) is 27.6 Å². The molecule has 0 aromatic heterocycles. The molecule has 3 aromatic rings. The number of benzene rings is 3. The van der Waals surface area contributed by atoms with Crippen LogP contribution in [0.15, 0.2) is 67.3 Å². The van der Waals surface area contributed by atoms with Crippen molar-refractivity contribution in [1.82, 2.24) is 0 Å². The highest BCUT2D eigenvalue weighted by atomic mass is 16.6. The fourth-order valence-electron chi connectivity index (χ4n) is 3.05. The number of ether oxygens (including phenoxy) is 2. The number of esters is 1. The summed E-state index contributed by atoms with van der Waals surface area (Å²) in [5.74, 6) is -0.441. The Balaban J connectivity index is 1.78. The van der Waals surface area contributed by atoms with Gasteiger partial charge in [-0.25, -0.2) is 4.79 Å². The maximum absolute atomic E-state index is 11.4. The molecule has 0 N–H and O–H groups in total. The molecular weight excluding hydrogens is 324 g/mol. The summed E-state index contributed by atoms with van der Waals surface area (Å²) in [6.45, 7) is 9.39. The van der Waals surface area contributed by atoms with Gasteiger partial charge in [0.1, 0.15) is 5.60 Å². The van der Waals surface area contributed by atoms with Gasteiger partial charge in [0.25, 0.3) is 0 Å². The first-order chi connectivity index (χ1) is 12.4. The van der Waals surface area contributed by atoms with E-state index < -0.39 is 11.6 Å². The van der Waals surface area contributed by atoms with Crippen LogP contribution in [0.1, 0.15) is 32.4 Å². The van der Waals surface area contributed by atoms with Gasteiger partial charge in [0, 0.05) is 6.08 Å². The summed E-state index contributed by atoms with van der Waals surface area (Å²) in [5.41, 5.74) is 0.394. The van der Waals surface area contributed by atoms with Crippen LogP contribution in [0.5, 0.6) is 0 Å². The van der Waals surface area contributed by atoms with E-state index in [0.717, 1.165) is 5.56 Å². The molecule has 134 valence electrons. The molecule has 1 atom stereocenters. The average Bonchev–Trinajstić information content (AvgIpc) is 2.65. The van der Waals surface area contributed by atoms with Crippen molar-refractivity contribution in [3.05, 3.63) is 72.8 Å². The van der Waals surface area contributed by atoms with Crippen molar-refractivity contribution in [2.45, 2.75) is 32.5 Å². The second kappa shape index (κ2) is 7.30. The predicted octanol–water partition coefficient (Wildman–Crippen LogP) is 5.58. The van der Waals surface area contributed by atoms with E-state index in [-0.39, 0.29) is 6.10 Å². The lowest BCUT2D eigenvalue weighted by molar-refractivity contribution is -0.157. The van der Waals surface area contributed by atoms with Crippen LogP contribution >= 0.6 is 0 Å². The Hall–Kier alpha value is -2.65. The van der Waals surface area contributed by atoms with Gasteiger partial charge in [0.2, 0.25) is 0 Å². The Morgan fingerprint density at radius 3 is 2.54 bits per heavy atom. The van der Waals surface area contributed by atoms with Crippen molar-refractivity contribution in [2.24, 2.45) is 0 Å². The van der Waals surface area contributed by atoms with E-state index in [0.29, 0.717) is 6.61 Å². The molecule has 0 fully saturated rings. The highest BCUT2D eigenvalue weighted by Crippen LogP contribution is 2.29. The number of hydrogen-bond acceptors (Lipinski definition) is 3. The van der Waals surface area contributed by atoms with Crippen LogP contribution < -0.4 is 0 Å². The van der Waals surface area contributed by atoms with Gasteiger partial charge >= 0.3 is 5.97 Å². The van der Waals surface area contributed by atoms with Gasteiger partial charge in [-0.15, -0.1) is 0 Å². The molecule has 3 rings (SSSR count). The van der Waals surface area contributed by atoms with Gasteiger partial charge in [-0.2, -0.15) is 0 Å². The van der Waals surface area contributed by atoms with Crippen LogP contribution in [0.3, 0.4) is 0 Å². The molecule has 0 heterocycles. The minimum Gasteiger partial charge on any atom is -0.454 e. The highest BCUT2D eigenvalue weighted by Gasteiger charge is 2.23. The Kier molecular flexibility index (Phi) is 5.10. The fourth-order valence-corrected chi connectivity index (χ4v) is 3.05. The molecule has 0 amide bonds. The molecule has 0 saturated heterocycles. The van der Waals surface area contributed by atoms with E-state index >= 15 is 0 Å². The number of fused-ring (bicyclic) bond motifs is 3. The van der Waals surface area contributed by atoms with E-state index in [1.54, 1.807) is 0 Å². The molecule has 3 aromatic carbocycles. The molecule has 0 radical (unpaired) electrons. The normalized spacial score (nSPS) is 12.9. The Labute approximate surface area is 154 Å². The van der Waals surface area contributed by atoms with Gasteiger partial charge in [0.15, 0.2) is 0 Å². The summed E-state index contributed by atoms with van der Waals surface area (Å²) in [7, 11) is 0. The highest BCUT2D eigenvalue weighted by molar-refractivity contribution is 6.07. The van der Waals surface area contributed by atoms with Crippen LogP contribution in [0.4, 0.5) is 0 Å². The monoisotopic (exact) mass is 348 g/mol. The molecule has 0 spiro atoms. The topological polar surface area (TPSA) is 35.5 Å².